The van der Waals surface area contributed by atoms with Crippen LogP contribution in [0.1, 0.15) is 78.1 Å². The monoisotopic (exact) mass is 211 g/mol. The van der Waals surface area contributed by atoms with Crippen molar-refractivity contribution < 1.29 is 0 Å². The molecule has 1 nitrogen and oxygen atoms in total. The quantitative estimate of drug-likeness (QED) is 0.716. The molecule has 1 aliphatic carbocycles. The summed E-state index contributed by atoms with van der Waals surface area (Å²) in [5.74, 6) is 0. The van der Waals surface area contributed by atoms with Crippen molar-refractivity contribution in [3.8, 4) is 0 Å². The van der Waals surface area contributed by atoms with Gasteiger partial charge in [0.2, 0.25) is 0 Å². The summed E-state index contributed by atoms with van der Waals surface area (Å²) < 4.78 is 0. The summed E-state index contributed by atoms with van der Waals surface area (Å²) in [6, 6.07) is 1.55. The Morgan fingerprint density at radius 1 is 1.07 bits per heavy atom. The van der Waals surface area contributed by atoms with Crippen LogP contribution in [0.2, 0.25) is 0 Å². The van der Waals surface area contributed by atoms with Crippen LogP contribution in [0.5, 0.6) is 0 Å². The Morgan fingerprint density at radius 2 is 1.67 bits per heavy atom. The first-order valence-electron chi connectivity index (χ1n) is 7.09. The zero-order valence-electron chi connectivity index (χ0n) is 10.7. The summed E-state index contributed by atoms with van der Waals surface area (Å²) in [4.78, 5) is 0. The fourth-order valence-electron chi connectivity index (χ4n) is 2.62. The third-order valence-electron chi connectivity index (χ3n) is 3.62. The van der Waals surface area contributed by atoms with Crippen LogP contribution < -0.4 is 5.32 Å². The minimum Gasteiger partial charge on any atom is -0.312 e. The Balaban J connectivity index is 2.16. The molecule has 1 N–H and O–H groups in total. The number of unbranched alkanes of at least 4 members (excludes halogenated alkanes) is 1. The minimum absolute atomic E-state index is 0.731. The van der Waals surface area contributed by atoms with E-state index in [1.54, 1.807) is 0 Å². The second kappa shape index (κ2) is 8.15. The molecule has 1 atom stereocenters. The van der Waals surface area contributed by atoms with Crippen LogP contribution in [0.15, 0.2) is 0 Å². The lowest BCUT2D eigenvalue weighted by molar-refractivity contribution is 0.348. The van der Waals surface area contributed by atoms with Crippen molar-refractivity contribution in [2.75, 3.05) is 0 Å². The van der Waals surface area contributed by atoms with E-state index in [1.165, 1.54) is 64.2 Å². The maximum absolute atomic E-state index is 3.82. The predicted molar refractivity (Wildman–Crippen MR) is 68.2 cm³/mol. The van der Waals surface area contributed by atoms with E-state index in [2.05, 4.69) is 19.2 Å². The van der Waals surface area contributed by atoms with Crippen LogP contribution in [0, 0.1) is 0 Å². The molecule has 1 fully saturated rings. The average molecular weight is 211 g/mol. The zero-order valence-corrected chi connectivity index (χ0v) is 10.7. The fourth-order valence-corrected chi connectivity index (χ4v) is 2.62. The van der Waals surface area contributed by atoms with Crippen molar-refractivity contribution in [2.45, 2.75) is 90.1 Å². The number of hydrogen-bond donors (Lipinski definition) is 1. The first-order valence-corrected chi connectivity index (χ1v) is 7.09. The van der Waals surface area contributed by atoms with Crippen molar-refractivity contribution in [3.63, 3.8) is 0 Å². The lowest BCUT2D eigenvalue weighted by Gasteiger charge is -2.25. The van der Waals surface area contributed by atoms with Gasteiger partial charge in [0.25, 0.3) is 0 Å². The standard InChI is InChI=1S/C14H29N/c1-3-4-10-13(2)15-14-11-8-6-5-7-9-12-14/h13-15H,3-12H2,1-2H3. The average Bonchev–Trinajstić information content (AvgIpc) is 2.19. The van der Waals surface area contributed by atoms with Gasteiger partial charge in [0, 0.05) is 12.1 Å². The second-order valence-corrected chi connectivity index (χ2v) is 5.25. The molecule has 90 valence electrons. The van der Waals surface area contributed by atoms with Crippen LogP contribution in [0.4, 0.5) is 0 Å². The Bertz CT molecular complexity index is 136. The van der Waals surface area contributed by atoms with Crippen molar-refractivity contribution in [2.24, 2.45) is 0 Å². The Hall–Kier alpha value is -0.0400. The summed E-state index contributed by atoms with van der Waals surface area (Å²) in [6.45, 7) is 4.64. The van der Waals surface area contributed by atoms with E-state index in [1.807, 2.05) is 0 Å². The Kier molecular flexibility index (Phi) is 7.08. The first kappa shape index (κ1) is 13.0. The smallest absolute Gasteiger partial charge is 0.00695 e. The highest BCUT2D eigenvalue weighted by Gasteiger charge is 2.13. The molecule has 1 unspecified atom stereocenters. The van der Waals surface area contributed by atoms with Crippen molar-refractivity contribution in [3.05, 3.63) is 0 Å². The van der Waals surface area contributed by atoms with E-state index in [-0.39, 0.29) is 0 Å². The highest BCUT2D eigenvalue weighted by molar-refractivity contribution is 4.73. The lowest BCUT2D eigenvalue weighted by Crippen LogP contribution is -2.36. The molecular formula is C14H29N. The SMILES string of the molecule is CCCCC(C)NC1CCCCCCC1. The van der Waals surface area contributed by atoms with Gasteiger partial charge in [-0.15, -0.1) is 0 Å². The molecule has 0 aliphatic heterocycles. The van der Waals surface area contributed by atoms with Gasteiger partial charge in [-0.2, -0.15) is 0 Å². The van der Waals surface area contributed by atoms with Gasteiger partial charge >= 0.3 is 0 Å². The Morgan fingerprint density at radius 3 is 2.27 bits per heavy atom. The van der Waals surface area contributed by atoms with Crippen molar-refractivity contribution in [1.29, 1.82) is 0 Å². The maximum atomic E-state index is 3.82. The van der Waals surface area contributed by atoms with Gasteiger partial charge in [-0.05, 0) is 26.2 Å². The third kappa shape index (κ3) is 6.19. The highest BCUT2D eigenvalue weighted by atomic mass is 14.9. The van der Waals surface area contributed by atoms with E-state index in [4.69, 9.17) is 0 Å². The van der Waals surface area contributed by atoms with Crippen molar-refractivity contribution >= 4 is 0 Å². The summed E-state index contributed by atoms with van der Waals surface area (Å²) in [7, 11) is 0. The molecule has 15 heavy (non-hydrogen) atoms. The number of nitrogens with one attached hydrogen (secondary N) is 1. The molecule has 0 amide bonds. The minimum atomic E-state index is 0.731. The second-order valence-electron chi connectivity index (χ2n) is 5.25. The molecule has 0 aromatic rings. The molecular weight excluding hydrogens is 182 g/mol. The van der Waals surface area contributed by atoms with E-state index in [9.17, 15) is 0 Å². The maximum Gasteiger partial charge on any atom is 0.00695 e. The van der Waals surface area contributed by atoms with Crippen LogP contribution in [-0.4, -0.2) is 12.1 Å². The van der Waals surface area contributed by atoms with E-state index >= 15 is 0 Å². The molecule has 0 spiro atoms. The molecule has 0 aromatic carbocycles. The third-order valence-corrected chi connectivity index (χ3v) is 3.62. The van der Waals surface area contributed by atoms with Crippen LogP contribution in [0.25, 0.3) is 0 Å². The van der Waals surface area contributed by atoms with Crippen molar-refractivity contribution in [1.82, 2.24) is 5.32 Å². The molecule has 0 saturated heterocycles. The normalized spacial score (nSPS) is 22.0. The molecule has 0 bridgehead atoms. The number of hydrogen-bond acceptors (Lipinski definition) is 1. The van der Waals surface area contributed by atoms with Crippen LogP contribution in [0.3, 0.4) is 0 Å². The van der Waals surface area contributed by atoms with Gasteiger partial charge in [-0.25, -0.2) is 0 Å². The summed E-state index contributed by atoms with van der Waals surface area (Å²) >= 11 is 0. The molecule has 0 radical (unpaired) electrons. The molecule has 1 aliphatic rings. The summed E-state index contributed by atoms with van der Waals surface area (Å²) in [5.41, 5.74) is 0. The highest BCUT2D eigenvalue weighted by Crippen LogP contribution is 2.18. The van der Waals surface area contributed by atoms with Gasteiger partial charge in [0.05, 0.1) is 0 Å². The zero-order chi connectivity index (χ0) is 10.9. The van der Waals surface area contributed by atoms with E-state index in [0.717, 1.165) is 12.1 Å². The molecule has 1 rings (SSSR count). The molecule has 0 heterocycles. The van der Waals surface area contributed by atoms with Gasteiger partial charge in [-0.1, -0.05) is 51.9 Å². The van der Waals surface area contributed by atoms with E-state index in [0.29, 0.717) is 0 Å². The van der Waals surface area contributed by atoms with Gasteiger partial charge < -0.3 is 5.32 Å². The lowest BCUT2D eigenvalue weighted by atomic mass is 9.96. The molecule has 0 aromatic heterocycles. The van der Waals surface area contributed by atoms with Crippen LogP contribution >= 0.6 is 0 Å². The van der Waals surface area contributed by atoms with E-state index < -0.39 is 0 Å². The first-order chi connectivity index (χ1) is 7.33. The predicted octanol–water partition coefficient (Wildman–Crippen LogP) is 4.27. The summed E-state index contributed by atoms with van der Waals surface area (Å²) in [6.07, 6.45) is 14.2. The number of rotatable bonds is 5. The van der Waals surface area contributed by atoms with Gasteiger partial charge in [0.15, 0.2) is 0 Å². The largest absolute Gasteiger partial charge is 0.312 e. The van der Waals surface area contributed by atoms with Gasteiger partial charge in [-0.3, -0.25) is 0 Å². The van der Waals surface area contributed by atoms with Gasteiger partial charge in [0.1, 0.15) is 0 Å². The molecule has 1 saturated carbocycles. The topological polar surface area (TPSA) is 12.0 Å². The Labute approximate surface area is 96.0 Å². The molecule has 1 heteroatoms. The van der Waals surface area contributed by atoms with Crippen LogP contribution in [-0.2, 0) is 0 Å². The summed E-state index contributed by atoms with van der Waals surface area (Å²) in [5, 5.41) is 3.82. The fraction of sp³-hybridized carbons (Fsp3) is 1.00.